The lowest BCUT2D eigenvalue weighted by molar-refractivity contribution is -0.121. The van der Waals surface area contributed by atoms with E-state index in [1.807, 2.05) is 0 Å². The predicted molar refractivity (Wildman–Crippen MR) is 159 cm³/mol. The van der Waals surface area contributed by atoms with E-state index in [1.165, 1.54) is 109 Å². The molecule has 0 aliphatic heterocycles. The Balaban J connectivity index is 3.80. The summed E-state index contributed by atoms with van der Waals surface area (Å²) >= 11 is 0. The van der Waals surface area contributed by atoms with E-state index >= 15 is 0 Å². The van der Waals surface area contributed by atoms with E-state index in [9.17, 15) is 9.59 Å². The fourth-order valence-electron chi connectivity index (χ4n) is 4.59. The number of amides is 2. The number of nitrogens with one attached hydrogen (secondary N) is 1. The van der Waals surface area contributed by atoms with Crippen LogP contribution in [0, 0.1) is 0 Å². The third kappa shape index (κ3) is 25.9. The van der Waals surface area contributed by atoms with Gasteiger partial charge in [0.15, 0.2) is 0 Å². The Hall–Kier alpha value is -1.52. The average Bonchev–Trinajstić information content (AvgIpc) is 2.90. The lowest BCUT2D eigenvalue weighted by Gasteiger charge is -2.21. The summed E-state index contributed by atoms with van der Waals surface area (Å²) in [6.07, 6.45) is 31.7. The van der Waals surface area contributed by atoms with Crippen molar-refractivity contribution in [3.8, 4) is 0 Å². The van der Waals surface area contributed by atoms with Crippen molar-refractivity contribution >= 4 is 12.0 Å². The topological polar surface area (TPSA) is 58.6 Å². The maximum absolute atomic E-state index is 12.5. The number of ether oxygens (including phenoxy) is 1. The van der Waals surface area contributed by atoms with Crippen LogP contribution in [0.3, 0.4) is 0 Å². The van der Waals surface area contributed by atoms with Crippen LogP contribution < -0.4 is 5.32 Å². The summed E-state index contributed by atoms with van der Waals surface area (Å²) in [6.45, 7) is 5.57. The number of nitrogens with zero attached hydrogens (tertiary/aromatic N) is 1. The molecule has 0 aliphatic rings. The largest absolute Gasteiger partial charge is 0.449 e. The van der Waals surface area contributed by atoms with Crippen LogP contribution in [0.4, 0.5) is 4.79 Å². The first-order valence-corrected chi connectivity index (χ1v) is 15.9. The molecule has 0 saturated carbocycles. The normalized spacial score (nSPS) is 11.2. The molecule has 0 atom stereocenters. The molecular weight excluding hydrogens is 460 g/mol. The van der Waals surface area contributed by atoms with E-state index in [2.05, 4.69) is 31.3 Å². The van der Waals surface area contributed by atoms with E-state index in [0.717, 1.165) is 32.1 Å². The molecule has 0 radical (unpaired) electrons. The summed E-state index contributed by atoms with van der Waals surface area (Å²) in [4.78, 5) is 26.0. The first-order chi connectivity index (χ1) is 18.2. The van der Waals surface area contributed by atoms with Gasteiger partial charge in [0.25, 0.3) is 0 Å². The number of likely N-dealkylation sites (N-methyl/N-ethyl adjacent to an activating group) is 1. The van der Waals surface area contributed by atoms with Gasteiger partial charge < -0.3 is 10.1 Å². The molecule has 0 heterocycles. The number of hydrogen-bond donors (Lipinski definition) is 1. The second-order valence-corrected chi connectivity index (χ2v) is 10.6. The highest BCUT2D eigenvalue weighted by atomic mass is 16.6. The van der Waals surface area contributed by atoms with Crippen molar-refractivity contribution in [2.75, 3.05) is 26.7 Å². The average molecular weight is 523 g/mol. The molecule has 0 aromatic carbocycles. The highest BCUT2D eigenvalue weighted by Crippen LogP contribution is 2.13. The van der Waals surface area contributed by atoms with Gasteiger partial charge in [0.05, 0.1) is 6.61 Å². The first kappa shape index (κ1) is 35.5. The highest BCUT2D eigenvalue weighted by molar-refractivity contribution is 5.81. The summed E-state index contributed by atoms with van der Waals surface area (Å²) in [5, 5.41) is 2.62. The maximum Gasteiger partial charge on any atom is 0.410 e. The van der Waals surface area contributed by atoms with Gasteiger partial charge in [0.2, 0.25) is 5.91 Å². The summed E-state index contributed by atoms with van der Waals surface area (Å²) < 4.78 is 5.50. The molecule has 0 aromatic rings. The third-order valence-electron chi connectivity index (χ3n) is 7.05. The maximum atomic E-state index is 12.5. The summed E-state index contributed by atoms with van der Waals surface area (Å²) in [7, 11) is 1.61. The van der Waals surface area contributed by atoms with E-state index in [0.29, 0.717) is 13.2 Å². The Labute approximate surface area is 230 Å². The van der Waals surface area contributed by atoms with Crippen LogP contribution >= 0.6 is 0 Å². The van der Waals surface area contributed by atoms with Gasteiger partial charge in [-0.2, -0.15) is 0 Å². The Morgan fingerprint density at radius 2 is 1.14 bits per heavy atom. The molecular formula is C32H62N2O3. The van der Waals surface area contributed by atoms with Crippen LogP contribution in [0.1, 0.15) is 155 Å². The molecule has 37 heavy (non-hydrogen) atoms. The van der Waals surface area contributed by atoms with E-state index in [1.54, 1.807) is 11.9 Å². The summed E-state index contributed by atoms with van der Waals surface area (Å²) in [6, 6.07) is 0. The number of rotatable bonds is 27. The molecule has 5 nitrogen and oxygen atoms in total. The van der Waals surface area contributed by atoms with Gasteiger partial charge in [-0.25, -0.2) is 4.79 Å². The Bertz CT molecular complexity index is 536. The Kier molecular flexibility index (Phi) is 27.8. The van der Waals surface area contributed by atoms with Gasteiger partial charge in [-0.1, -0.05) is 135 Å². The molecule has 2 amide bonds. The predicted octanol–water partition coefficient (Wildman–Crippen LogP) is 9.35. The van der Waals surface area contributed by atoms with Crippen molar-refractivity contribution < 1.29 is 14.3 Å². The molecule has 218 valence electrons. The molecule has 0 aliphatic carbocycles. The zero-order valence-electron chi connectivity index (χ0n) is 25.0. The molecule has 1 N–H and O–H groups in total. The second-order valence-electron chi connectivity index (χ2n) is 10.6. The van der Waals surface area contributed by atoms with Gasteiger partial charge in [-0.15, -0.1) is 0 Å². The number of unbranched alkanes of at least 4 members (excludes halogenated alkanes) is 19. The smallest absolute Gasteiger partial charge is 0.410 e. The van der Waals surface area contributed by atoms with Gasteiger partial charge in [-0.3, -0.25) is 9.69 Å². The number of allylic oxidation sites excluding steroid dienone is 2. The van der Waals surface area contributed by atoms with Crippen molar-refractivity contribution in [2.45, 2.75) is 155 Å². The molecule has 0 bridgehead atoms. The van der Waals surface area contributed by atoms with Crippen molar-refractivity contribution in [3.63, 3.8) is 0 Å². The van der Waals surface area contributed by atoms with Gasteiger partial charge in [0, 0.05) is 13.6 Å². The Morgan fingerprint density at radius 3 is 1.65 bits per heavy atom. The fraction of sp³-hybridized carbons (Fsp3) is 0.875. The van der Waals surface area contributed by atoms with Crippen molar-refractivity contribution in [2.24, 2.45) is 0 Å². The molecule has 0 rings (SSSR count). The Morgan fingerprint density at radius 1 is 0.649 bits per heavy atom. The van der Waals surface area contributed by atoms with Crippen LogP contribution in [-0.2, 0) is 9.53 Å². The standard InChI is InChI=1S/C32H62N2O3/c1-4-6-8-10-12-14-16-18-20-22-24-26-28-34(30-31(35)33-3)32(36)37-29-27-25-23-21-19-17-15-13-11-9-7-5-2/h7,9H,4-6,8,10-30H2,1-3H3,(H,33,35)/b9-7-. The quantitative estimate of drug-likeness (QED) is 0.0863. The number of carbonyl (C=O) groups excluding carboxylic acids is 2. The SMILES string of the molecule is CC/C=C\CCCCCCCCCCOC(=O)N(CCCCCCCCCCCCCC)CC(=O)NC. The molecule has 0 saturated heterocycles. The van der Waals surface area contributed by atoms with Crippen LogP contribution in [-0.4, -0.2) is 43.6 Å². The van der Waals surface area contributed by atoms with E-state index < -0.39 is 0 Å². The van der Waals surface area contributed by atoms with Crippen molar-refractivity contribution in [3.05, 3.63) is 12.2 Å². The van der Waals surface area contributed by atoms with Crippen LogP contribution in [0.2, 0.25) is 0 Å². The second kappa shape index (κ2) is 29.0. The summed E-state index contributed by atoms with van der Waals surface area (Å²) in [5.41, 5.74) is 0. The van der Waals surface area contributed by atoms with Crippen LogP contribution in [0.5, 0.6) is 0 Å². The molecule has 5 heteroatoms. The van der Waals surface area contributed by atoms with Gasteiger partial charge >= 0.3 is 6.09 Å². The van der Waals surface area contributed by atoms with Gasteiger partial charge in [0.1, 0.15) is 6.54 Å². The molecule has 0 spiro atoms. The van der Waals surface area contributed by atoms with E-state index in [4.69, 9.17) is 4.74 Å². The molecule has 0 fully saturated rings. The zero-order chi connectivity index (χ0) is 27.2. The fourth-order valence-corrected chi connectivity index (χ4v) is 4.59. The highest BCUT2D eigenvalue weighted by Gasteiger charge is 2.17. The van der Waals surface area contributed by atoms with Crippen LogP contribution in [0.25, 0.3) is 0 Å². The minimum atomic E-state index is -0.344. The lowest BCUT2D eigenvalue weighted by Crippen LogP contribution is -2.40. The van der Waals surface area contributed by atoms with E-state index in [-0.39, 0.29) is 18.5 Å². The zero-order valence-corrected chi connectivity index (χ0v) is 25.0. The number of hydrogen-bond acceptors (Lipinski definition) is 3. The van der Waals surface area contributed by atoms with Gasteiger partial charge in [-0.05, 0) is 32.1 Å². The van der Waals surface area contributed by atoms with Crippen LogP contribution in [0.15, 0.2) is 12.2 Å². The number of carbonyl (C=O) groups is 2. The minimum absolute atomic E-state index is 0.0849. The summed E-state index contributed by atoms with van der Waals surface area (Å²) in [5.74, 6) is -0.141. The van der Waals surface area contributed by atoms with Crippen molar-refractivity contribution in [1.82, 2.24) is 10.2 Å². The molecule has 0 aromatic heterocycles. The minimum Gasteiger partial charge on any atom is -0.449 e. The third-order valence-corrected chi connectivity index (χ3v) is 7.05. The lowest BCUT2D eigenvalue weighted by atomic mass is 10.1. The first-order valence-electron chi connectivity index (χ1n) is 15.9. The van der Waals surface area contributed by atoms with Crippen molar-refractivity contribution in [1.29, 1.82) is 0 Å². The monoisotopic (exact) mass is 522 g/mol. The molecule has 0 unspecified atom stereocenters.